The van der Waals surface area contributed by atoms with Crippen LogP contribution in [-0.2, 0) is 16.6 Å². The van der Waals surface area contributed by atoms with Crippen molar-refractivity contribution in [3.63, 3.8) is 0 Å². The van der Waals surface area contributed by atoms with Gasteiger partial charge >= 0.3 is 0 Å². The Morgan fingerprint density at radius 3 is 2.40 bits per heavy atom. The minimum atomic E-state index is -4.35. The number of fused-ring (bicyclic) bond motifs is 1. The Labute approximate surface area is 142 Å². The Kier molecular flexibility index (Phi) is 4.61. The molecule has 0 bridgehead atoms. The van der Waals surface area contributed by atoms with E-state index in [9.17, 15) is 21.6 Å². The number of hydrogen-bond donors (Lipinski definition) is 0. The third-order valence-electron chi connectivity index (χ3n) is 3.70. The second-order valence-corrected chi connectivity index (χ2v) is 7.43. The Balaban J connectivity index is 1.87. The highest BCUT2D eigenvalue weighted by atomic mass is 32.2. The van der Waals surface area contributed by atoms with Gasteiger partial charge in [-0.3, -0.25) is 0 Å². The van der Waals surface area contributed by atoms with Gasteiger partial charge in [0.2, 0.25) is 10.0 Å². The molecule has 1 aliphatic heterocycles. The van der Waals surface area contributed by atoms with Crippen LogP contribution >= 0.6 is 0 Å². The molecule has 0 saturated carbocycles. The maximum atomic E-state index is 13.8. The van der Waals surface area contributed by atoms with Gasteiger partial charge in [0.05, 0.1) is 0 Å². The molecule has 0 spiro atoms. The zero-order chi connectivity index (χ0) is 18.2. The number of halogens is 3. The summed E-state index contributed by atoms with van der Waals surface area (Å²) in [5.41, 5.74) is 0.568. The van der Waals surface area contributed by atoms with Crippen LogP contribution in [0, 0.1) is 17.5 Å². The molecule has 1 aliphatic rings. The lowest BCUT2D eigenvalue weighted by Gasteiger charge is -2.21. The number of rotatable bonds is 4. The lowest BCUT2D eigenvalue weighted by Crippen LogP contribution is -2.27. The van der Waals surface area contributed by atoms with Crippen LogP contribution in [0.15, 0.2) is 35.2 Å². The predicted molar refractivity (Wildman–Crippen MR) is 82.4 cm³/mol. The van der Waals surface area contributed by atoms with Gasteiger partial charge in [0.25, 0.3) is 0 Å². The molecule has 0 aliphatic carbocycles. The van der Waals surface area contributed by atoms with Crippen molar-refractivity contribution >= 4 is 10.0 Å². The highest BCUT2D eigenvalue weighted by Gasteiger charge is 2.28. The first-order valence-corrected chi connectivity index (χ1v) is 8.73. The molecule has 134 valence electrons. The number of ether oxygens (including phenoxy) is 2. The van der Waals surface area contributed by atoms with Crippen molar-refractivity contribution in [2.45, 2.75) is 11.4 Å². The minimum Gasteiger partial charge on any atom is -0.486 e. The molecule has 9 heteroatoms. The van der Waals surface area contributed by atoms with Crippen molar-refractivity contribution in [3.8, 4) is 11.5 Å². The Morgan fingerprint density at radius 1 is 1.00 bits per heavy atom. The molecule has 25 heavy (non-hydrogen) atoms. The van der Waals surface area contributed by atoms with E-state index in [0.717, 1.165) is 4.31 Å². The lowest BCUT2D eigenvalue weighted by molar-refractivity contribution is 0.171. The van der Waals surface area contributed by atoms with Crippen molar-refractivity contribution in [1.82, 2.24) is 4.31 Å². The van der Waals surface area contributed by atoms with Gasteiger partial charge in [0.15, 0.2) is 29.0 Å². The maximum absolute atomic E-state index is 13.8. The molecule has 1 heterocycles. The van der Waals surface area contributed by atoms with Gasteiger partial charge in [-0.1, -0.05) is 6.07 Å². The van der Waals surface area contributed by atoms with E-state index in [4.69, 9.17) is 9.47 Å². The number of sulfonamides is 1. The van der Waals surface area contributed by atoms with Crippen LogP contribution < -0.4 is 9.47 Å². The zero-order valence-electron chi connectivity index (χ0n) is 13.1. The van der Waals surface area contributed by atoms with E-state index in [1.165, 1.54) is 7.05 Å². The van der Waals surface area contributed by atoms with Gasteiger partial charge in [0, 0.05) is 13.6 Å². The Bertz CT molecular complexity index is 918. The van der Waals surface area contributed by atoms with E-state index in [1.807, 2.05) is 0 Å². The average molecular weight is 373 g/mol. The van der Waals surface area contributed by atoms with Crippen molar-refractivity contribution in [1.29, 1.82) is 0 Å². The molecule has 0 fully saturated rings. The maximum Gasteiger partial charge on any atom is 0.246 e. The molecule has 0 radical (unpaired) electrons. The van der Waals surface area contributed by atoms with Gasteiger partial charge in [-0.2, -0.15) is 4.31 Å². The highest BCUT2D eigenvalue weighted by molar-refractivity contribution is 7.89. The van der Waals surface area contributed by atoms with Gasteiger partial charge < -0.3 is 9.47 Å². The molecule has 0 saturated heterocycles. The summed E-state index contributed by atoms with van der Waals surface area (Å²) in [6, 6.07) is 6.16. The second kappa shape index (κ2) is 6.57. The van der Waals surface area contributed by atoms with E-state index in [-0.39, 0.29) is 6.54 Å². The van der Waals surface area contributed by atoms with Crippen molar-refractivity contribution in [3.05, 3.63) is 53.3 Å². The van der Waals surface area contributed by atoms with Crippen LogP contribution in [0.2, 0.25) is 0 Å². The summed E-state index contributed by atoms with van der Waals surface area (Å²) in [5, 5.41) is 0. The monoisotopic (exact) mass is 373 g/mol. The first-order valence-electron chi connectivity index (χ1n) is 7.29. The van der Waals surface area contributed by atoms with Gasteiger partial charge in [-0.25, -0.2) is 21.6 Å². The molecule has 0 unspecified atom stereocenters. The van der Waals surface area contributed by atoms with E-state index >= 15 is 0 Å². The third-order valence-corrected chi connectivity index (χ3v) is 5.52. The van der Waals surface area contributed by atoms with Crippen LogP contribution in [0.4, 0.5) is 13.2 Å². The average Bonchev–Trinajstić information content (AvgIpc) is 2.59. The van der Waals surface area contributed by atoms with Crippen LogP contribution in [0.5, 0.6) is 11.5 Å². The topological polar surface area (TPSA) is 55.8 Å². The molecular weight excluding hydrogens is 359 g/mol. The van der Waals surface area contributed by atoms with Crippen molar-refractivity contribution in [2.75, 3.05) is 20.3 Å². The second-order valence-electron chi connectivity index (χ2n) is 5.41. The summed E-state index contributed by atoms with van der Waals surface area (Å²) in [6.07, 6.45) is 0. The van der Waals surface area contributed by atoms with Crippen molar-refractivity contribution < 1.29 is 31.1 Å². The summed E-state index contributed by atoms with van der Waals surface area (Å²) < 4.78 is 76.7. The van der Waals surface area contributed by atoms with E-state index in [1.54, 1.807) is 18.2 Å². The summed E-state index contributed by atoms with van der Waals surface area (Å²) in [6.45, 7) is 0.693. The van der Waals surface area contributed by atoms with Crippen LogP contribution in [0.3, 0.4) is 0 Å². The largest absolute Gasteiger partial charge is 0.486 e. The normalized spacial score (nSPS) is 14.0. The SMILES string of the molecule is CN(Cc1ccc2c(c1)OCCO2)S(=O)(=O)c1ccc(F)c(F)c1F. The summed E-state index contributed by atoms with van der Waals surface area (Å²) >= 11 is 0. The Hall–Kier alpha value is -2.26. The molecular formula is C16H14F3NO4S. The molecule has 3 rings (SSSR count). The fourth-order valence-electron chi connectivity index (χ4n) is 2.40. The first-order chi connectivity index (χ1) is 11.8. The van der Waals surface area contributed by atoms with Crippen LogP contribution in [0.1, 0.15) is 5.56 Å². The molecule has 0 aromatic heterocycles. The number of nitrogens with zero attached hydrogens (tertiary/aromatic N) is 1. The number of benzene rings is 2. The molecule has 5 nitrogen and oxygen atoms in total. The van der Waals surface area contributed by atoms with Gasteiger partial charge in [-0.05, 0) is 29.8 Å². The fourth-order valence-corrected chi connectivity index (χ4v) is 3.61. The van der Waals surface area contributed by atoms with Crippen LogP contribution in [0.25, 0.3) is 0 Å². The molecule has 0 amide bonds. The Morgan fingerprint density at radius 2 is 1.68 bits per heavy atom. The zero-order valence-corrected chi connectivity index (χ0v) is 13.9. The first kappa shape index (κ1) is 17.6. The standard InChI is InChI=1S/C16H14F3NO4S/c1-20(9-10-2-4-12-13(8-10)24-7-6-23-12)25(21,22)14-5-3-11(17)15(18)16(14)19/h2-5,8H,6-7,9H2,1H3. The summed E-state index contributed by atoms with van der Waals surface area (Å²) in [5.74, 6) is -3.99. The van der Waals surface area contributed by atoms with Crippen LogP contribution in [-0.4, -0.2) is 33.0 Å². The molecule has 0 N–H and O–H groups in total. The van der Waals surface area contributed by atoms with Gasteiger partial charge in [-0.15, -0.1) is 0 Å². The summed E-state index contributed by atoms with van der Waals surface area (Å²) in [7, 11) is -3.13. The smallest absolute Gasteiger partial charge is 0.246 e. The minimum absolute atomic E-state index is 0.114. The lowest BCUT2D eigenvalue weighted by atomic mass is 10.2. The molecule has 2 aromatic carbocycles. The quantitative estimate of drug-likeness (QED) is 0.774. The van der Waals surface area contributed by atoms with E-state index in [0.29, 0.717) is 42.4 Å². The molecule has 2 aromatic rings. The van der Waals surface area contributed by atoms with Crippen molar-refractivity contribution in [2.24, 2.45) is 0 Å². The third kappa shape index (κ3) is 3.29. The number of hydrogen-bond acceptors (Lipinski definition) is 4. The highest BCUT2D eigenvalue weighted by Crippen LogP contribution is 2.31. The summed E-state index contributed by atoms with van der Waals surface area (Å²) in [4.78, 5) is -0.925. The van der Waals surface area contributed by atoms with Gasteiger partial charge in [0.1, 0.15) is 18.1 Å². The fraction of sp³-hybridized carbons (Fsp3) is 0.250. The van der Waals surface area contributed by atoms with E-state index in [2.05, 4.69) is 0 Å². The molecule has 0 atom stereocenters. The predicted octanol–water partition coefficient (Wildman–Crippen LogP) is 2.70. The van der Waals surface area contributed by atoms with E-state index < -0.39 is 32.4 Å².